The highest BCUT2D eigenvalue weighted by molar-refractivity contribution is 5.80. The van der Waals surface area contributed by atoms with Gasteiger partial charge in [0.2, 0.25) is 5.91 Å². The van der Waals surface area contributed by atoms with Crippen LogP contribution in [0.5, 0.6) is 0 Å². The second-order valence-corrected chi connectivity index (χ2v) is 6.11. The van der Waals surface area contributed by atoms with E-state index in [4.69, 9.17) is 0 Å². The fourth-order valence-electron chi connectivity index (χ4n) is 2.98. The molecule has 3 aromatic heterocycles. The van der Waals surface area contributed by atoms with Crippen LogP contribution in [0.4, 0.5) is 0 Å². The van der Waals surface area contributed by atoms with Gasteiger partial charge in [-0.05, 0) is 37.3 Å². The molecule has 0 aliphatic carbocycles. The number of rotatable bonds is 5. The van der Waals surface area contributed by atoms with Gasteiger partial charge in [-0.25, -0.2) is 9.97 Å². The highest BCUT2D eigenvalue weighted by Gasteiger charge is 2.15. The molecule has 130 valence electrons. The van der Waals surface area contributed by atoms with Crippen LogP contribution in [0.25, 0.3) is 16.9 Å². The molecule has 4 aromatic rings. The average Bonchev–Trinajstić information content (AvgIpc) is 3.35. The maximum atomic E-state index is 12.5. The number of hydrogen-bond acceptors (Lipinski definition) is 3. The summed E-state index contributed by atoms with van der Waals surface area (Å²) >= 11 is 0. The second kappa shape index (κ2) is 6.84. The van der Waals surface area contributed by atoms with Gasteiger partial charge in [0.25, 0.3) is 0 Å². The molecule has 1 aromatic carbocycles. The van der Waals surface area contributed by atoms with Crippen LogP contribution in [-0.2, 0) is 11.3 Å². The van der Waals surface area contributed by atoms with E-state index >= 15 is 0 Å². The first-order valence-corrected chi connectivity index (χ1v) is 8.50. The summed E-state index contributed by atoms with van der Waals surface area (Å²) in [5.41, 5.74) is 2.83. The molecule has 0 bridgehead atoms. The molecule has 0 aliphatic rings. The van der Waals surface area contributed by atoms with Gasteiger partial charge < -0.3 is 9.88 Å². The zero-order valence-electron chi connectivity index (χ0n) is 14.4. The van der Waals surface area contributed by atoms with Crippen molar-refractivity contribution in [1.29, 1.82) is 0 Å². The lowest BCUT2D eigenvalue weighted by Gasteiger charge is -2.15. The van der Waals surface area contributed by atoms with Gasteiger partial charge in [0.1, 0.15) is 18.2 Å². The highest BCUT2D eigenvalue weighted by Crippen LogP contribution is 2.19. The molecule has 4 rings (SSSR count). The number of carbonyl (C=O) groups is 1. The number of para-hydroxylation sites is 2. The third kappa shape index (κ3) is 2.97. The Morgan fingerprint density at radius 2 is 1.88 bits per heavy atom. The minimum atomic E-state index is -0.265. The maximum Gasteiger partial charge on any atom is 0.243 e. The average molecular weight is 345 g/mol. The molecule has 0 aliphatic heterocycles. The molecule has 6 nitrogen and oxygen atoms in total. The first-order valence-electron chi connectivity index (χ1n) is 8.50. The van der Waals surface area contributed by atoms with Crippen LogP contribution in [0.2, 0.25) is 0 Å². The van der Waals surface area contributed by atoms with Gasteiger partial charge in [-0.15, -0.1) is 0 Å². The minimum Gasteiger partial charge on any atom is -0.350 e. The predicted molar refractivity (Wildman–Crippen MR) is 99.9 cm³/mol. The molecule has 3 heterocycles. The summed E-state index contributed by atoms with van der Waals surface area (Å²) < 4.78 is 3.83. The first kappa shape index (κ1) is 16.1. The number of carbonyl (C=O) groups excluding carboxylic acids is 1. The fourth-order valence-corrected chi connectivity index (χ4v) is 2.98. The van der Waals surface area contributed by atoms with E-state index in [1.54, 1.807) is 12.5 Å². The van der Waals surface area contributed by atoms with Crippen LogP contribution in [0.15, 0.2) is 73.4 Å². The number of pyridine rings is 1. The molecule has 1 N–H and O–H groups in total. The molecule has 0 radical (unpaired) electrons. The monoisotopic (exact) mass is 345 g/mol. The Morgan fingerprint density at radius 1 is 1.08 bits per heavy atom. The predicted octanol–water partition coefficient (Wildman–Crippen LogP) is 3.10. The minimum absolute atomic E-state index is 0.0357. The van der Waals surface area contributed by atoms with Gasteiger partial charge >= 0.3 is 0 Å². The van der Waals surface area contributed by atoms with Gasteiger partial charge in [-0.3, -0.25) is 9.36 Å². The zero-order chi connectivity index (χ0) is 17.9. The second-order valence-electron chi connectivity index (χ2n) is 6.11. The smallest absolute Gasteiger partial charge is 0.243 e. The summed E-state index contributed by atoms with van der Waals surface area (Å²) in [5.74, 6) is 0.738. The Bertz CT molecular complexity index is 1040. The normalized spacial score (nSPS) is 12.2. The summed E-state index contributed by atoms with van der Waals surface area (Å²) in [4.78, 5) is 21.4. The Hall–Kier alpha value is -3.41. The van der Waals surface area contributed by atoms with Crippen molar-refractivity contribution in [2.24, 2.45) is 0 Å². The van der Waals surface area contributed by atoms with Crippen molar-refractivity contribution >= 4 is 16.9 Å². The number of imidazole rings is 1. The van der Waals surface area contributed by atoms with E-state index in [1.165, 1.54) is 0 Å². The quantitative estimate of drug-likeness (QED) is 0.604. The topological polar surface area (TPSA) is 64.7 Å². The summed E-state index contributed by atoms with van der Waals surface area (Å²) in [6, 6.07) is 15.3. The van der Waals surface area contributed by atoms with Crippen molar-refractivity contribution in [3.8, 4) is 5.82 Å². The molecule has 0 unspecified atom stereocenters. The fraction of sp³-hybridized carbons (Fsp3) is 0.150. The third-order valence-electron chi connectivity index (χ3n) is 4.46. The van der Waals surface area contributed by atoms with E-state index in [2.05, 4.69) is 15.3 Å². The van der Waals surface area contributed by atoms with E-state index in [9.17, 15) is 4.79 Å². The van der Waals surface area contributed by atoms with Crippen molar-refractivity contribution < 1.29 is 4.79 Å². The van der Waals surface area contributed by atoms with E-state index < -0.39 is 0 Å². The van der Waals surface area contributed by atoms with Crippen molar-refractivity contribution in [2.75, 3.05) is 0 Å². The number of nitrogens with one attached hydrogen (secondary N) is 1. The van der Waals surface area contributed by atoms with E-state index in [0.29, 0.717) is 6.54 Å². The molecule has 6 heteroatoms. The molecule has 0 saturated heterocycles. The van der Waals surface area contributed by atoms with E-state index in [-0.39, 0.29) is 11.9 Å². The Morgan fingerprint density at radius 3 is 2.73 bits per heavy atom. The summed E-state index contributed by atoms with van der Waals surface area (Å²) in [6.07, 6.45) is 7.29. The van der Waals surface area contributed by atoms with Gasteiger partial charge in [-0.2, -0.15) is 0 Å². The van der Waals surface area contributed by atoms with Crippen molar-refractivity contribution in [2.45, 2.75) is 19.5 Å². The van der Waals surface area contributed by atoms with Crippen LogP contribution >= 0.6 is 0 Å². The lowest BCUT2D eigenvalue weighted by atomic mass is 10.2. The van der Waals surface area contributed by atoms with Gasteiger partial charge in [-0.1, -0.05) is 18.2 Å². The molecule has 0 fully saturated rings. The molecular weight excluding hydrogens is 326 g/mol. The van der Waals surface area contributed by atoms with E-state index in [1.807, 2.05) is 77.0 Å². The number of amides is 1. The van der Waals surface area contributed by atoms with Crippen LogP contribution in [-0.4, -0.2) is 25.0 Å². The number of nitrogens with zero attached hydrogens (tertiary/aromatic N) is 4. The lowest BCUT2D eigenvalue weighted by molar-refractivity contribution is -0.124. The highest BCUT2D eigenvalue weighted by atomic mass is 16.2. The first-order chi connectivity index (χ1) is 12.7. The van der Waals surface area contributed by atoms with Crippen LogP contribution in [0, 0.1) is 0 Å². The Balaban J connectivity index is 1.58. The van der Waals surface area contributed by atoms with E-state index in [0.717, 1.165) is 22.4 Å². The van der Waals surface area contributed by atoms with Gasteiger partial charge in [0.05, 0.1) is 11.0 Å². The largest absolute Gasteiger partial charge is 0.350 e. The Kier molecular flexibility index (Phi) is 4.23. The van der Waals surface area contributed by atoms with Crippen LogP contribution < -0.4 is 5.32 Å². The standard InChI is InChI=1S/C20H19N5O/c1-15(24-11-4-5-12-24)20(26)22-13-16-7-6-10-21-19(16)25-14-23-17-8-2-3-9-18(17)25/h2-12,14-15H,13H2,1H3,(H,22,26)/t15-/m0/s1. The summed E-state index contributed by atoms with van der Waals surface area (Å²) in [7, 11) is 0. The number of fused-ring (bicyclic) bond motifs is 1. The molecule has 1 amide bonds. The molecule has 26 heavy (non-hydrogen) atoms. The zero-order valence-corrected chi connectivity index (χ0v) is 14.4. The number of hydrogen-bond donors (Lipinski definition) is 1. The Labute approximate surface area is 151 Å². The van der Waals surface area contributed by atoms with Crippen LogP contribution in [0.1, 0.15) is 18.5 Å². The van der Waals surface area contributed by atoms with Gasteiger partial charge in [0, 0.05) is 30.7 Å². The van der Waals surface area contributed by atoms with Gasteiger partial charge in [0.15, 0.2) is 0 Å². The molecule has 0 spiro atoms. The van der Waals surface area contributed by atoms with Crippen molar-refractivity contribution in [3.05, 3.63) is 79.0 Å². The summed E-state index contributed by atoms with van der Waals surface area (Å²) in [6.45, 7) is 2.28. The maximum absolute atomic E-state index is 12.5. The van der Waals surface area contributed by atoms with Crippen molar-refractivity contribution in [1.82, 2.24) is 24.4 Å². The number of benzene rings is 1. The summed E-state index contributed by atoms with van der Waals surface area (Å²) in [5, 5.41) is 3.00. The molecule has 0 saturated carbocycles. The van der Waals surface area contributed by atoms with Crippen molar-refractivity contribution in [3.63, 3.8) is 0 Å². The molecule has 1 atom stereocenters. The SMILES string of the molecule is C[C@@H](C(=O)NCc1cccnc1-n1cnc2ccccc21)n1cccc1. The molecular formula is C20H19N5O. The number of aromatic nitrogens is 4. The van der Waals surface area contributed by atoms with Crippen LogP contribution in [0.3, 0.4) is 0 Å². The lowest BCUT2D eigenvalue weighted by Crippen LogP contribution is -2.30. The third-order valence-corrected chi connectivity index (χ3v) is 4.46.